The summed E-state index contributed by atoms with van der Waals surface area (Å²) in [6.45, 7) is 4.95. The lowest BCUT2D eigenvalue weighted by molar-refractivity contribution is 0.199. The van der Waals surface area contributed by atoms with E-state index in [0.717, 1.165) is 18.5 Å². The number of hydrogen-bond acceptors (Lipinski definition) is 5. The minimum absolute atomic E-state index is 0.130. The molecule has 1 aromatic carbocycles. The van der Waals surface area contributed by atoms with E-state index in [0.29, 0.717) is 28.8 Å². The molecule has 1 aromatic heterocycles. The first kappa shape index (κ1) is 15.7. The van der Waals surface area contributed by atoms with E-state index in [-0.39, 0.29) is 17.3 Å². The molecule has 2 heterocycles. The molecule has 2 N–H and O–H groups in total. The van der Waals surface area contributed by atoms with Crippen LogP contribution < -0.4 is 10.7 Å². The Morgan fingerprint density at radius 2 is 2.22 bits per heavy atom. The minimum Gasteiger partial charge on any atom is -0.460 e. The normalized spacial score (nSPS) is 22.7. The lowest BCUT2D eigenvalue weighted by atomic mass is 9.85. The molecule has 1 aliphatic heterocycles. The molecule has 5 nitrogen and oxygen atoms in total. The highest BCUT2D eigenvalue weighted by molar-refractivity contribution is 5.81. The summed E-state index contributed by atoms with van der Waals surface area (Å²) in [6, 6.07) is 7.42. The van der Waals surface area contributed by atoms with Gasteiger partial charge in [-0.1, -0.05) is 0 Å². The van der Waals surface area contributed by atoms with Gasteiger partial charge in [0.05, 0.1) is 23.5 Å². The maximum Gasteiger partial charge on any atom is 0.192 e. The number of hydrogen-bond donors (Lipinski definition) is 2. The Bertz CT molecular complexity index is 833. The van der Waals surface area contributed by atoms with Crippen molar-refractivity contribution in [1.82, 2.24) is 5.32 Å². The van der Waals surface area contributed by atoms with Crippen molar-refractivity contribution >= 4 is 11.0 Å². The van der Waals surface area contributed by atoms with Crippen LogP contribution in [-0.2, 0) is 0 Å². The summed E-state index contributed by atoms with van der Waals surface area (Å²) in [6.07, 6.45) is 0.00659. The van der Waals surface area contributed by atoms with Gasteiger partial charge in [0.2, 0.25) is 0 Å². The van der Waals surface area contributed by atoms with Gasteiger partial charge in [-0.05, 0) is 44.5 Å². The van der Waals surface area contributed by atoms with Crippen LogP contribution in [-0.4, -0.2) is 18.2 Å². The maximum atomic E-state index is 12.5. The van der Waals surface area contributed by atoms with E-state index in [4.69, 9.17) is 4.42 Å². The van der Waals surface area contributed by atoms with Gasteiger partial charge >= 0.3 is 0 Å². The lowest BCUT2D eigenvalue weighted by Gasteiger charge is -2.27. The van der Waals surface area contributed by atoms with E-state index in [1.165, 1.54) is 6.07 Å². The molecule has 0 spiro atoms. The maximum absolute atomic E-state index is 12.5. The summed E-state index contributed by atoms with van der Waals surface area (Å²) in [7, 11) is 0. The van der Waals surface area contributed by atoms with Crippen molar-refractivity contribution in [2.45, 2.75) is 32.3 Å². The van der Waals surface area contributed by atoms with E-state index in [2.05, 4.69) is 11.4 Å². The molecular formula is C18H20N2O3. The molecule has 0 aliphatic carbocycles. The van der Waals surface area contributed by atoms with Gasteiger partial charge in [-0.15, -0.1) is 0 Å². The molecule has 23 heavy (non-hydrogen) atoms. The number of piperidine rings is 1. The van der Waals surface area contributed by atoms with Gasteiger partial charge in [-0.2, -0.15) is 5.26 Å². The summed E-state index contributed by atoms with van der Waals surface area (Å²) in [5, 5.41) is 23.1. The number of rotatable bonds is 2. The van der Waals surface area contributed by atoms with Gasteiger partial charge < -0.3 is 14.8 Å². The second-order valence-corrected chi connectivity index (χ2v) is 6.25. The highest BCUT2D eigenvalue weighted by atomic mass is 16.3. The van der Waals surface area contributed by atoms with Gasteiger partial charge in [0, 0.05) is 24.1 Å². The van der Waals surface area contributed by atoms with Crippen LogP contribution in [0.3, 0.4) is 0 Å². The number of nitrogens with one attached hydrogen (secondary N) is 1. The molecule has 3 rings (SSSR count). The van der Waals surface area contributed by atoms with Crippen LogP contribution in [0.15, 0.2) is 27.4 Å². The van der Waals surface area contributed by atoms with Gasteiger partial charge in [0.25, 0.3) is 0 Å². The zero-order valence-electron chi connectivity index (χ0n) is 13.3. The van der Waals surface area contributed by atoms with Crippen molar-refractivity contribution in [3.63, 3.8) is 0 Å². The molecule has 2 aromatic rings. The van der Waals surface area contributed by atoms with E-state index in [9.17, 15) is 15.2 Å². The highest BCUT2D eigenvalue weighted by Crippen LogP contribution is 2.32. The van der Waals surface area contributed by atoms with Crippen molar-refractivity contribution in [3.8, 4) is 6.07 Å². The average Bonchev–Trinajstić information content (AvgIpc) is 2.54. The molecule has 3 atom stereocenters. The van der Waals surface area contributed by atoms with Gasteiger partial charge in [0.1, 0.15) is 11.3 Å². The standard InChI is InChI=1S/C18H20N2O3/c1-10-5-13(11(2)21)18-14(6-10)16(22)7-17(23-18)15-9-20-4-3-12(15)8-19/h5-7,11-12,15,20-21H,3-4,9H2,1-2H3. The molecule has 5 heteroatoms. The molecule has 1 fully saturated rings. The lowest BCUT2D eigenvalue weighted by Crippen LogP contribution is -2.34. The SMILES string of the molecule is Cc1cc(C(C)O)c2oc(C3CNCCC3C#N)cc(=O)c2c1. The smallest absolute Gasteiger partial charge is 0.192 e. The van der Waals surface area contributed by atoms with Crippen molar-refractivity contribution in [2.75, 3.05) is 13.1 Å². The van der Waals surface area contributed by atoms with Gasteiger partial charge in [-0.25, -0.2) is 0 Å². The number of nitrogens with zero attached hydrogens (tertiary/aromatic N) is 1. The fourth-order valence-electron chi connectivity index (χ4n) is 3.26. The van der Waals surface area contributed by atoms with E-state index in [1.54, 1.807) is 13.0 Å². The van der Waals surface area contributed by atoms with Crippen molar-refractivity contribution in [2.24, 2.45) is 5.92 Å². The fourth-order valence-corrected chi connectivity index (χ4v) is 3.26. The molecule has 0 amide bonds. The zero-order chi connectivity index (χ0) is 16.6. The molecule has 120 valence electrons. The van der Waals surface area contributed by atoms with Crippen molar-refractivity contribution in [3.05, 3.63) is 45.3 Å². The Labute approximate surface area is 134 Å². The number of aliphatic hydroxyl groups excluding tert-OH is 1. The first-order chi connectivity index (χ1) is 11.0. The van der Waals surface area contributed by atoms with Crippen LogP contribution in [0, 0.1) is 24.2 Å². The Kier molecular flexibility index (Phi) is 4.20. The zero-order valence-corrected chi connectivity index (χ0v) is 13.3. The third kappa shape index (κ3) is 2.88. The summed E-state index contributed by atoms with van der Waals surface area (Å²) in [5.74, 6) is 0.207. The Hall–Kier alpha value is -2.16. The third-order valence-corrected chi connectivity index (χ3v) is 4.48. The average molecular weight is 312 g/mol. The van der Waals surface area contributed by atoms with Crippen LogP contribution in [0.25, 0.3) is 11.0 Å². The monoisotopic (exact) mass is 312 g/mol. The number of fused-ring (bicyclic) bond motifs is 1. The van der Waals surface area contributed by atoms with E-state index >= 15 is 0 Å². The molecule has 0 saturated carbocycles. The number of aliphatic hydroxyl groups is 1. The van der Waals surface area contributed by atoms with E-state index < -0.39 is 6.10 Å². The number of nitriles is 1. The van der Waals surface area contributed by atoms with Crippen LogP contribution >= 0.6 is 0 Å². The molecule has 1 aliphatic rings. The minimum atomic E-state index is -0.730. The van der Waals surface area contributed by atoms with Gasteiger partial charge in [-0.3, -0.25) is 4.79 Å². The number of aryl methyl sites for hydroxylation is 1. The second-order valence-electron chi connectivity index (χ2n) is 6.25. The summed E-state index contributed by atoms with van der Waals surface area (Å²) in [5.41, 5.74) is 1.81. The van der Waals surface area contributed by atoms with Crippen LogP contribution in [0.4, 0.5) is 0 Å². The second kappa shape index (κ2) is 6.15. The quantitative estimate of drug-likeness (QED) is 0.889. The topological polar surface area (TPSA) is 86.3 Å². The van der Waals surface area contributed by atoms with E-state index in [1.807, 2.05) is 13.0 Å². The summed E-state index contributed by atoms with van der Waals surface area (Å²) >= 11 is 0. The fraction of sp³-hybridized carbons (Fsp3) is 0.444. The molecular weight excluding hydrogens is 292 g/mol. The largest absolute Gasteiger partial charge is 0.460 e. The molecule has 3 unspecified atom stereocenters. The summed E-state index contributed by atoms with van der Waals surface area (Å²) in [4.78, 5) is 12.5. The Morgan fingerprint density at radius 3 is 2.91 bits per heavy atom. The first-order valence-electron chi connectivity index (χ1n) is 7.88. The third-order valence-electron chi connectivity index (χ3n) is 4.48. The molecule has 0 bridgehead atoms. The predicted molar refractivity (Wildman–Crippen MR) is 87.2 cm³/mol. The van der Waals surface area contributed by atoms with Crippen molar-refractivity contribution in [1.29, 1.82) is 5.26 Å². The number of benzene rings is 1. The molecule has 1 saturated heterocycles. The van der Waals surface area contributed by atoms with Gasteiger partial charge in [0.15, 0.2) is 5.43 Å². The highest BCUT2D eigenvalue weighted by Gasteiger charge is 2.29. The first-order valence-corrected chi connectivity index (χ1v) is 7.88. The molecule has 0 radical (unpaired) electrons. The Balaban J connectivity index is 2.21. The van der Waals surface area contributed by atoms with Crippen LogP contribution in [0.2, 0.25) is 0 Å². The van der Waals surface area contributed by atoms with Crippen LogP contribution in [0.5, 0.6) is 0 Å². The van der Waals surface area contributed by atoms with Crippen molar-refractivity contribution < 1.29 is 9.52 Å². The summed E-state index contributed by atoms with van der Waals surface area (Å²) < 4.78 is 6.01. The Morgan fingerprint density at radius 1 is 1.43 bits per heavy atom. The predicted octanol–water partition coefficient (Wildman–Crippen LogP) is 2.37. The van der Waals surface area contributed by atoms with Crippen LogP contribution in [0.1, 0.15) is 42.3 Å².